The van der Waals surface area contributed by atoms with Gasteiger partial charge in [-0.2, -0.15) is 0 Å². The Kier molecular flexibility index (Phi) is 9.19. The Morgan fingerprint density at radius 2 is 1.55 bits per heavy atom. The molecule has 0 aromatic heterocycles. The average Bonchev–Trinajstić information content (AvgIpc) is 2.52. The second kappa shape index (κ2) is 10.3. The van der Waals surface area contributed by atoms with Crippen molar-refractivity contribution in [2.45, 2.75) is 58.8 Å². The molecule has 0 saturated carbocycles. The van der Waals surface area contributed by atoms with Crippen LogP contribution in [-0.2, 0) is 0 Å². The minimum atomic E-state index is 0.621. The molecule has 0 fully saturated rings. The van der Waals surface area contributed by atoms with E-state index in [4.69, 9.17) is 0 Å². The van der Waals surface area contributed by atoms with Crippen LogP contribution in [-0.4, -0.2) is 30.3 Å². The first kappa shape index (κ1) is 19.6. The highest BCUT2D eigenvalue weighted by atomic mass is 32.2. The molecule has 1 aromatic rings. The third-order valence-electron chi connectivity index (χ3n) is 4.66. The molecule has 0 radical (unpaired) electrons. The lowest BCUT2D eigenvalue weighted by molar-refractivity contribution is 0.245. The molecule has 1 aromatic carbocycles. The van der Waals surface area contributed by atoms with Crippen molar-refractivity contribution in [1.29, 1.82) is 0 Å². The topological polar surface area (TPSA) is 3.24 Å². The highest BCUT2D eigenvalue weighted by molar-refractivity contribution is 7.99. The van der Waals surface area contributed by atoms with Crippen LogP contribution in [0.15, 0.2) is 29.2 Å². The molecule has 0 heterocycles. The van der Waals surface area contributed by atoms with Crippen LogP contribution in [0.5, 0.6) is 0 Å². The van der Waals surface area contributed by atoms with E-state index in [-0.39, 0.29) is 0 Å². The van der Waals surface area contributed by atoms with Gasteiger partial charge in [0.25, 0.3) is 0 Å². The summed E-state index contributed by atoms with van der Waals surface area (Å²) < 4.78 is 0. The Balaban J connectivity index is 2.53. The van der Waals surface area contributed by atoms with Crippen molar-refractivity contribution in [3.63, 3.8) is 0 Å². The molecule has 0 N–H and O–H groups in total. The molecule has 1 nitrogen and oxygen atoms in total. The third-order valence-corrected chi connectivity index (χ3v) is 5.71. The predicted molar refractivity (Wildman–Crippen MR) is 102 cm³/mol. The van der Waals surface area contributed by atoms with E-state index in [1.54, 1.807) is 0 Å². The first-order valence-corrected chi connectivity index (χ1v) is 9.91. The van der Waals surface area contributed by atoms with E-state index >= 15 is 0 Å². The van der Waals surface area contributed by atoms with Crippen molar-refractivity contribution in [2.24, 2.45) is 11.8 Å². The van der Waals surface area contributed by atoms with Crippen LogP contribution in [0.3, 0.4) is 0 Å². The molecule has 0 amide bonds. The van der Waals surface area contributed by atoms with Crippen LogP contribution in [0.2, 0.25) is 0 Å². The lowest BCUT2D eigenvalue weighted by Gasteiger charge is -2.27. The van der Waals surface area contributed by atoms with Crippen molar-refractivity contribution in [3.8, 4) is 0 Å². The smallest absolute Gasteiger partial charge is 0.00721 e. The Hall–Kier alpha value is -0.470. The molecular weight excluding hydrogens is 286 g/mol. The summed E-state index contributed by atoms with van der Waals surface area (Å²) in [5, 5.41) is 0. The van der Waals surface area contributed by atoms with Gasteiger partial charge in [-0.25, -0.2) is 0 Å². The number of hydrogen-bond acceptors (Lipinski definition) is 2. The second-order valence-corrected chi connectivity index (χ2v) is 8.02. The van der Waals surface area contributed by atoms with E-state index < -0.39 is 0 Å². The number of hydrogen-bond donors (Lipinski definition) is 0. The maximum atomic E-state index is 2.53. The fraction of sp³-hybridized carbons (Fsp3) is 0.700. The van der Waals surface area contributed by atoms with Gasteiger partial charge in [0, 0.05) is 11.4 Å². The zero-order valence-electron chi connectivity index (χ0n) is 15.4. The summed E-state index contributed by atoms with van der Waals surface area (Å²) in [6.45, 7) is 17.3. The molecule has 0 bridgehead atoms. The zero-order chi connectivity index (χ0) is 16.5. The Morgan fingerprint density at radius 3 is 2.05 bits per heavy atom. The summed E-state index contributed by atoms with van der Waals surface area (Å²) in [6.07, 6.45) is 1.30. The van der Waals surface area contributed by atoms with E-state index in [0.717, 1.165) is 19.0 Å². The normalized spacial score (nSPS) is 14.5. The molecule has 2 heteroatoms. The van der Waals surface area contributed by atoms with Crippen LogP contribution >= 0.6 is 11.8 Å². The fourth-order valence-corrected chi connectivity index (χ4v) is 3.81. The number of rotatable bonds is 10. The van der Waals surface area contributed by atoms with Crippen molar-refractivity contribution < 1.29 is 0 Å². The quantitative estimate of drug-likeness (QED) is 0.493. The van der Waals surface area contributed by atoms with Gasteiger partial charge in [0.1, 0.15) is 0 Å². The zero-order valence-corrected chi connectivity index (χ0v) is 16.2. The van der Waals surface area contributed by atoms with Gasteiger partial charge in [-0.1, -0.05) is 53.7 Å². The summed E-state index contributed by atoms with van der Waals surface area (Å²) in [6, 6.07) is 9.28. The Labute approximate surface area is 142 Å². The van der Waals surface area contributed by atoms with Gasteiger partial charge in [-0.15, -0.1) is 11.8 Å². The summed E-state index contributed by atoms with van der Waals surface area (Å²) >= 11 is 1.99. The number of benzene rings is 1. The Bertz CT molecular complexity index is 395. The van der Waals surface area contributed by atoms with Gasteiger partial charge in [-0.3, -0.25) is 0 Å². The maximum absolute atomic E-state index is 2.53. The second-order valence-electron chi connectivity index (χ2n) is 6.85. The van der Waals surface area contributed by atoms with Crippen LogP contribution in [0.4, 0.5) is 0 Å². The van der Waals surface area contributed by atoms with Crippen molar-refractivity contribution in [2.75, 3.05) is 25.4 Å². The maximum Gasteiger partial charge on any atom is 0.00721 e. The van der Waals surface area contributed by atoms with Gasteiger partial charge in [0.15, 0.2) is 0 Å². The molecule has 0 aliphatic carbocycles. The van der Waals surface area contributed by atoms with Crippen LogP contribution in [0, 0.1) is 11.8 Å². The summed E-state index contributed by atoms with van der Waals surface area (Å²) in [4.78, 5) is 3.94. The highest BCUT2D eigenvalue weighted by Crippen LogP contribution is 2.28. The average molecular weight is 322 g/mol. The molecule has 22 heavy (non-hydrogen) atoms. The molecule has 126 valence electrons. The molecule has 1 rings (SSSR count). The van der Waals surface area contributed by atoms with Crippen LogP contribution in [0.25, 0.3) is 0 Å². The molecule has 0 aliphatic heterocycles. The minimum Gasteiger partial charge on any atom is -0.304 e. The van der Waals surface area contributed by atoms with Crippen molar-refractivity contribution in [3.05, 3.63) is 29.8 Å². The fourth-order valence-electron chi connectivity index (χ4n) is 2.66. The first-order valence-electron chi connectivity index (χ1n) is 8.92. The van der Waals surface area contributed by atoms with Crippen LogP contribution in [0.1, 0.15) is 59.4 Å². The molecule has 2 atom stereocenters. The monoisotopic (exact) mass is 321 g/mol. The third kappa shape index (κ3) is 6.75. The van der Waals surface area contributed by atoms with Gasteiger partial charge >= 0.3 is 0 Å². The van der Waals surface area contributed by atoms with Crippen molar-refractivity contribution in [1.82, 2.24) is 4.90 Å². The molecule has 0 aliphatic rings. The summed E-state index contributed by atoms with van der Waals surface area (Å²) in [7, 11) is 0. The highest BCUT2D eigenvalue weighted by Gasteiger charge is 2.16. The first-order chi connectivity index (χ1) is 10.5. The largest absolute Gasteiger partial charge is 0.304 e. The lowest BCUT2D eigenvalue weighted by Crippen LogP contribution is -2.30. The van der Waals surface area contributed by atoms with E-state index in [1.165, 1.54) is 29.2 Å². The van der Waals surface area contributed by atoms with Gasteiger partial charge in [0.2, 0.25) is 0 Å². The predicted octanol–water partition coefficient (Wildman–Crippen LogP) is 5.91. The molecule has 0 spiro atoms. The Morgan fingerprint density at radius 1 is 0.955 bits per heavy atom. The summed E-state index contributed by atoms with van der Waals surface area (Å²) in [5.74, 6) is 3.34. The van der Waals surface area contributed by atoms with Gasteiger partial charge in [0.05, 0.1) is 0 Å². The van der Waals surface area contributed by atoms with Crippen LogP contribution < -0.4 is 0 Å². The standard InChI is InChI=1S/C20H35NS/c1-7-21(8-2)15-17(5)18(6)19-9-11-20(12-10-19)22-14-13-16(3)4/h9-12,16-18H,7-8,13-15H2,1-6H3. The lowest BCUT2D eigenvalue weighted by atomic mass is 9.88. The van der Waals surface area contributed by atoms with Gasteiger partial charge in [-0.05, 0) is 60.7 Å². The number of thioether (sulfide) groups is 1. The van der Waals surface area contributed by atoms with E-state index in [0.29, 0.717) is 11.8 Å². The summed E-state index contributed by atoms with van der Waals surface area (Å²) in [5.41, 5.74) is 1.48. The van der Waals surface area contributed by atoms with E-state index in [9.17, 15) is 0 Å². The molecule has 0 saturated heterocycles. The molecule has 2 unspecified atom stereocenters. The van der Waals surface area contributed by atoms with Gasteiger partial charge < -0.3 is 4.90 Å². The SMILES string of the molecule is CCN(CC)CC(C)C(C)c1ccc(SCCC(C)C)cc1. The molecular formula is C20H35NS. The minimum absolute atomic E-state index is 0.621. The van der Waals surface area contributed by atoms with Crippen molar-refractivity contribution >= 4 is 11.8 Å². The van der Waals surface area contributed by atoms with E-state index in [2.05, 4.69) is 70.7 Å². The van der Waals surface area contributed by atoms with E-state index in [1.807, 2.05) is 11.8 Å². The number of nitrogens with zero attached hydrogens (tertiary/aromatic N) is 1.